The number of amides is 1. The maximum Gasteiger partial charge on any atom is 0.225 e. The summed E-state index contributed by atoms with van der Waals surface area (Å²) in [6.07, 6.45) is 0.493. The molecule has 0 bridgehead atoms. The van der Waals surface area contributed by atoms with Crippen LogP contribution in [0.3, 0.4) is 0 Å². The Kier molecular flexibility index (Phi) is 6.68. The van der Waals surface area contributed by atoms with Crippen molar-refractivity contribution in [1.29, 1.82) is 0 Å². The first-order valence-electron chi connectivity index (χ1n) is 8.08. The molecule has 0 aliphatic carbocycles. The van der Waals surface area contributed by atoms with Gasteiger partial charge in [-0.15, -0.1) is 0 Å². The molecule has 1 aromatic rings. The van der Waals surface area contributed by atoms with Crippen LogP contribution in [0.15, 0.2) is 24.3 Å². The minimum Gasteiger partial charge on any atom is -0.381 e. The summed E-state index contributed by atoms with van der Waals surface area (Å²) in [6, 6.07) is 8.65. The Hall–Kier alpha value is -1.59. The molecule has 1 heterocycles. The summed E-state index contributed by atoms with van der Waals surface area (Å²) < 4.78 is 5.25. The maximum absolute atomic E-state index is 12.1. The van der Waals surface area contributed by atoms with Crippen molar-refractivity contribution in [3.8, 4) is 0 Å². The molecule has 22 heavy (non-hydrogen) atoms. The molecular formula is C17H27N3O2. The van der Waals surface area contributed by atoms with Gasteiger partial charge in [0.2, 0.25) is 5.91 Å². The van der Waals surface area contributed by atoms with Crippen molar-refractivity contribution in [2.45, 2.75) is 19.9 Å². The highest BCUT2D eigenvalue weighted by Crippen LogP contribution is 2.17. The normalized spacial score (nSPS) is 15.2. The lowest BCUT2D eigenvalue weighted by Crippen LogP contribution is -2.49. The molecule has 1 N–H and O–H groups in total. The molecule has 0 radical (unpaired) electrons. The molecule has 1 saturated heterocycles. The van der Waals surface area contributed by atoms with E-state index in [4.69, 9.17) is 4.74 Å². The van der Waals surface area contributed by atoms with E-state index in [2.05, 4.69) is 34.5 Å². The van der Waals surface area contributed by atoms with Gasteiger partial charge in [-0.3, -0.25) is 4.79 Å². The fraction of sp³-hybridized carbons (Fsp3) is 0.588. The van der Waals surface area contributed by atoms with Crippen molar-refractivity contribution in [3.63, 3.8) is 0 Å². The molecule has 2 rings (SSSR count). The number of hydrogen-bond donors (Lipinski definition) is 1. The van der Waals surface area contributed by atoms with Crippen molar-refractivity contribution in [3.05, 3.63) is 29.8 Å². The van der Waals surface area contributed by atoms with Gasteiger partial charge in [0.15, 0.2) is 0 Å². The number of rotatable bonds is 7. The first kappa shape index (κ1) is 16.8. The van der Waals surface area contributed by atoms with Gasteiger partial charge in [0, 0.05) is 45.0 Å². The zero-order chi connectivity index (χ0) is 15.8. The van der Waals surface area contributed by atoms with Crippen LogP contribution in [0.1, 0.15) is 18.9 Å². The Labute approximate surface area is 133 Å². The first-order valence-corrected chi connectivity index (χ1v) is 8.08. The highest BCUT2D eigenvalue weighted by molar-refractivity contribution is 5.76. The Morgan fingerprint density at radius 2 is 1.86 bits per heavy atom. The van der Waals surface area contributed by atoms with Crippen molar-refractivity contribution in [1.82, 2.24) is 10.2 Å². The van der Waals surface area contributed by atoms with E-state index < -0.39 is 0 Å². The number of nitrogens with zero attached hydrogens (tertiary/aromatic N) is 2. The fourth-order valence-corrected chi connectivity index (χ4v) is 2.70. The molecule has 1 amide bonds. The summed E-state index contributed by atoms with van der Waals surface area (Å²) in [4.78, 5) is 16.3. The van der Waals surface area contributed by atoms with E-state index in [1.165, 1.54) is 11.3 Å². The average molecular weight is 305 g/mol. The van der Waals surface area contributed by atoms with E-state index in [1.807, 2.05) is 18.9 Å². The molecule has 122 valence electrons. The molecule has 5 nitrogen and oxygen atoms in total. The molecule has 0 unspecified atom stereocenters. The monoisotopic (exact) mass is 305 g/mol. The Bertz CT molecular complexity index is 453. The summed E-state index contributed by atoms with van der Waals surface area (Å²) in [6.45, 7) is 7.42. The van der Waals surface area contributed by atoms with Gasteiger partial charge in [-0.2, -0.15) is 0 Å². The van der Waals surface area contributed by atoms with Crippen LogP contribution in [0.25, 0.3) is 0 Å². The number of carbonyl (C=O) groups excluding carboxylic acids is 1. The van der Waals surface area contributed by atoms with E-state index in [9.17, 15) is 4.79 Å². The van der Waals surface area contributed by atoms with Crippen LogP contribution in [-0.2, 0) is 16.1 Å². The Morgan fingerprint density at radius 3 is 2.45 bits per heavy atom. The van der Waals surface area contributed by atoms with Gasteiger partial charge in [0.1, 0.15) is 0 Å². The quantitative estimate of drug-likeness (QED) is 0.775. The zero-order valence-corrected chi connectivity index (χ0v) is 13.7. The molecule has 0 saturated carbocycles. The highest BCUT2D eigenvalue weighted by Gasteiger charge is 2.20. The predicted molar refractivity (Wildman–Crippen MR) is 89.1 cm³/mol. The Morgan fingerprint density at radius 1 is 1.18 bits per heavy atom. The number of benzene rings is 1. The third-order valence-corrected chi connectivity index (χ3v) is 3.98. The lowest BCUT2D eigenvalue weighted by Gasteiger charge is -2.36. The smallest absolute Gasteiger partial charge is 0.225 e. The number of anilines is 1. The maximum atomic E-state index is 12.1. The standard InChI is InChI=1S/C17H27N3O2/c1-3-22-13-8-17(21)20-11-9-19(10-12-20)16-6-4-15(5-7-16)14-18-2/h4-7,18H,3,8-14H2,1-2H3. The van der Waals surface area contributed by atoms with Gasteiger partial charge in [0.25, 0.3) is 0 Å². The average Bonchev–Trinajstić information content (AvgIpc) is 2.56. The first-order chi connectivity index (χ1) is 10.7. The topological polar surface area (TPSA) is 44.8 Å². The summed E-state index contributed by atoms with van der Waals surface area (Å²) in [5.74, 6) is 0.206. The zero-order valence-electron chi connectivity index (χ0n) is 13.7. The molecule has 1 aliphatic heterocycles. The predicted octanol–water partition coefficient (Wildman–Crippen LogP) is 1.48. The minimum absolute atomic E-state index is 0.206. The van der Waals surface area contributed by atoms with Crippen LogP contribution in [0.5, 0.6) is 0 Å². The summed E-state index contributed by atoms with van der Waals surface area (Å²) in [7, 11) is 1.95. The largest absolute Gasteiger partial charge is 0.381 e. The fourth-order valence-electron chi connectivity index (χ4n) is 2.70. The van der Waals surface area contributed by atoms with E-state index in [-0.39, 0.29) is 5.91 Å². The van der Waals surface area contributed by atoms with Crippen molar-refractivity contribution in [2.75, 3.05) is 51.3 Å². The number of piperazine rings is 1. The van der Waals surface area contributed by atoms with Crippen LogP contribution in [0.2, 0.25) is 0 Å². The number of hydrogen-bond acceptors (Lipinski definition) is 4. The second-order valence-electron chi connectivity index (χ2n) is 5.51. The van der Waals surface area contributed by atoms with Crippen LogP contribution >= 0.6 is 0 Å². The highest BCUT2D eigenvalue weighted by atomic mass is 16.5. The van der Waals surface area contributed by atoms with E-state index in [1.54, 1.807) is 0 Å². The molecular weight excluding hydrogens is 278 g/mol. The summed E-state index contributed by atoms with van der Waals surface area (Å²) in [5, 5.41) is 3.15. The third-order valence-electron chi connectivity index (χ3n) is 3.98. The van der Waals surface area contributed by atoms with Crippen LogP contribution in [0, 0.1) is 0 Å². The molecule has 1 fully saturated rings. The van der Waals surface area contributed by atoms with Gasteiger partial charge < -0.3 is 19.9 Å². The molecule has 0 spiro atoms. The second-order valence-corrected chi connectivity index (χ2v) is 5.51. The lowest BCUT2D eigenvalue weighted by atomic mass is 10.1. The SMILES string of the molecule is CCOCCC(=O)N1CCN(c2ccc(CNC)cc2)CC1. The summed E-state index contributed by atoms with van der Waals surface area (Å²) in [5.41, 5.74) is 2.53. The number of carbonyl (C=O) groups is 1. The number of nitrogens with one attached hydrogen (secondary N) is 1. The van der Waals surface area contributed by atoms with Gasteiger partial charge in [0.05, 0.1) is 13.0 Å². The van der Waals surface area contributed by atoms with Crippen LogP contribution in [-0.4, -0.2) is 57.2 Å². The third kappa shape index (κ3) is 4.71. The minimum atomic E-state index is 0.206. The van der Waals surface area contributed by atoms with Gasteiger partial charge in [-0.25, -0.2) is 0 Å². The molecule has 1 aliphatic rings. The van der Waals surface area contributed by atoms with E-state index in [0.717, 1.165) is 32.7 Å². The van der Waals surface area contributed by atoms with E-state index in [0.29, 0.717) is 19.6 Å². The molecule has 0 aromatic heterocycles. The van der Waals surface area contributed by atoms with Gasteiger partial charge >= 0.3 is 0 Å². The van der Waals surface area contributed by atoms with Crippen LogP contribution < -0.4 is 10.2 Å². The van der Waals surface area contributed by atoms with Gasteiger partial charge in [-0.1, -0.05) is 12.1 Å². The Balaban J connectivity index is 1.80. The number of ether oxygens (including phenoxy) is 1. The molecule has 5 heteroatoms. The van der Waals surface area contributed by atoms with Crippen molar-refractivity contribution in [2.24, 2.45) is 0 Å². The van der Waals surface area contributed by atoms with Crippen molar-refractivity contribution >= 4 is 11.6 Å². The molecule has 0 atom stereocenters. The van der Waals surface area contributed by atoms with Crippen molar-refractivity contribution < 1.29 is 9.53 Å². The van der Waals surface area contributed by atoms with E-state index >= 15 is 0 Å². The molecule has 1 aromatic carbocycles. The second kappa shape index (κ2) is 8.76. The lowest BCUT2D eigenvalue weighted by molar-refractivity contribution is -0.132. The van der Waals surface area contributed by atoms with Crippen LogP contribution in [0.4, 0.5) is 5.69 Å². The van der Waals surface area contributed by atoms with Gasteiger partial charge in [-0.05, 0) is 31.7 Å². The summed E-state index contributed by atoms with van der Waals surface area (Å²) >= 11 is 0.